The number of carbonyl (C=O) groups is 2. The van der Waals surface area contributed by atoms with Crippen molar-refractivity contribution in [2.24, 2.45) is 5.92 Å². The van der Waals surface area contributed by atoms with Crippen molar-refractivity contribution in [1.82, 2.24) is 15.2 Å². The van der Waals surface area contributed by atoms with E-state index in [0.717, 1.165) is 42.1 Å². The summed E-state index contributed by atoms with van der Waals surface area (Å²) in [5.74, 6) is 0.323. The Labute approximate surface area is 193 Å². The fourth-order valence-corrected chi connectivity index (χ4v) is 4.72. The number of thiazole rings is 1. The Morgan fingerprint density at radius 3 is 2.84 bits per heavy atom. The van der Waals surface area contributed by atoms with Crippen molar-refractivity contribution in [2.75, 3.05) is 19.6 Å². The molecule has 0 radical (unpaired) electrons. The molecule has 1 aromatic carbocycles. The van der Waals surface area contributed by atoms with Crippen molar-refractivity contribution in [3.05, 3.63) is 40.4 Å². The topological polar surface area (TPSA) is 71.5 Å². The van der Waals surface area contributed by atoms with Crippen molar-refractivity contribution in [2.45, 2.75) is 52.1 Å². The minimum atomic E-state index is -0.487. The zero-order valence-electron chi connectivity index (χ0n) is 18.3. The zero-order chi connectivity index (χ0) is 22.4. The second kappa shape index (κ2) is 10.5. The first-order valence-electron chi connectivity index (χ1n) is 10.7. The van der Waals surface area contributed by atoms with Crippen LogP contribution >= 0.6 is 22.9 Å². The summed E-state index contributed by atoms with van der Waals surface area (Å²) in [7, 11) is 0. The summed E-state index contributed by atoms with van der Waals surface area (Å²) < 4.78 is 5.48. The number of halogens is 1. The average Bonchev–Trinajstić information content (AvgIpc) is 3.15. The first kappa shape index (κ1) is 23.5. The fourth-order valence-electron chi connectivity index (χ4n) is 3.58. The van der Waals surface area contributed by atoms with E-state index in [4.69, 9.17) is 16.3 Å². The molecule has 1 aromatic heterocycles. The maximum Gasteiger partial charge on any atom is 0.410 e. The molecule has 31 heavy (non-hydrogen) atoms. The third-order valence-corrected chi connectivity index (χ3v) is 6.30. The number of ether oxygens (including phenoxy) is 1. The molecule has 1 N–H and O–H groups in total. The monoisotopic (exact) mass is 463 g/mol. The standard InChI is InChI=1S/C23H30ClN3O3S/c1-23(2,3)30-22(29)27-12-6-7-16(14-27)10-11-25-20(28)13-17-15-31-21(26-17)18-8-4-5-9-19(18)24/h4-5,8-9,15-16H,6-7,10-14H2,1-3H3,(H,25,28). The Morgan fingerprint density at radius 2 is 2.10 bits per heavy atom. The van der Waals surface area contributed by atoms with E-state index in [0.29, 0.717) is 24.0 Å². The Kier molecular flexibility index (Phi) is 7.94. The molecule has 168 valence electrons. The van der Waals surface area contributed by atoms with E-state index in [1.54, 1.807) is 4.90 Å². The van der Waals surface area contributed by atoms with Crippen molar-refractivity contribution < 1.29 is 14.3 Å². The molecule has 6 nitrogen and oxygen atoms in total. The van der Waals surface area contributed by atoms with Crippen LogP contribution in [0.3, 0.4) is 0 Å². The van der Waals surface area contributed by atoms with Crippen molar-refractivity contribution in [3.8, 4) is 10.6 Å². The van der Waals surface area contributed by atoms with Crippen molar-refractivity contribution in [3.63, 3.8) is 0 Å². The highest BCUT2D eigenvalue weighted by Crippen LogP contribution is 2.30. The van der Waals surface area contributed by atoms with E-state index >= 15 is 0 Å². The Balaban J connectivity index is 1.42. The molecule has 2 amide bonds. The summed E-state index contributed by atoms with van der Waals surface area (Å²) in [6, 6.07) is 7.56. The second-order valence-electron chi connectivity index (χ2n) is 8.87. The minimum absolute atomic E-state index is 0.0455. The number of nitrogens with zero attached hydrogens (tertiary/aromatic N) is 2. The van der Waals surface area contributed by atoms with Gasteiger partial charge in [0.05, 0.1) is 17.1 Å². The van der Waals surface area contributed by atoms with E-state index in [1.807, 2.05) is 50.4 Å². The normalized spacial score (nSPS) is 16.8. The molecular weight excluding hydrogens is 434 g/mol. The van der Waals surface area contributed by atoms with Crippen LogP contribution < -0.4 is 5.32 Å². The van der Waals surface area contributed by atoms with Gasteiger partial charge in [-0.1, -0.05) is 29.8 Å². The number of likely N-dealkylation sites (tertiary alicyclic amines) is 1. The van der Waals surface area contributed by atoms with Crippen LogP contribution in [0.4, 0.5) is 4.79 Å². The maximum atomic E-state index is 12.3. The van der Waals surface area contributed by atoms with Gasteiger partial charge in [-0.15, -0.1) is 11.3 Å². The summed E-state index contributed by atoms with van der Waals surface area (Å²) in [5.41, 5.74) is 1.14. The van der Waals surface area contributed by atoms with Gasteiger partial charge in [0.15, 0.2) is 0 Å². The van der Waals surface area contributed by atoms with Crippen LogP contribution in [0.25, 0.3) is 10.6 Å². The van der Waals surface area contributed by atoms with Gasteiger partial charge in [-0.05, 0) is 52.0 Å². The van der Waals surface area contributed by atoms with Gasteiger partial charge in [-0.2, -0.15) is 0 Å². The van der Waals surface area contributed by atoms with Crippen LogP contribution in [0.15, 0.2) is 29.6 Å². The molecule has 1 aliphatic rings. The third kappa shape index (κ3) is 7.21. The summed E-state index contributed by atoms with van der Waals surface area (Å²) in [6.07, 6.45) is 2.85. The highest BCUT2D eigenvalue weighted by molar-refractivity contribution is 7.13. The van der Waals surface area contributed by atoms with Crippen molar-refractivity contribution >= 4 is 34.9 Å². The van der Waals surface area contributed by atoms with Crippen LogP contribution in [-0.2, 0) is 16.0 Å². The Hall–Kier alpha value is -2.12. The van der Waals surface area contributed by atoms with E-state index in [2.05, 4.69) is 10.3 Å². The van der Waals surface area contributed by atoms with Crippen LogP contribution in [0.5, 0.6) is 0 Å². The van der Waals surface area contributed by atoms with Gasteiger partial charge in [0.2, 0.25) is 5.91 Å². The third-order valence-electron chi connectivity index (χ3n) is 5.04. The molecule has 1 aliphatic heterocycles. The highest BCUT2D eigenvalue weighted by atomic mass is 35.5. The quantitative estimate of drug-likeness (QED) is 0.642. The molecule has 1 atom stereocenters. The molecule has 2 aromatic rings. The number of hydrogen-bond donors (Lipinski definition) is 1. The number of hydrogen-bond acceptors (Lipinski definition) is 5. The number of benzene rings is 1. The molecule has 3 rings (SSSR count). The van der Waals surface area contributed by atoms with E-state index < -0.39 is 5.60 Å². The number of piperidine rings is 1. The molecular formula is C23H30ClN3O3S. The van der Waals surface area contributed by atoms with Gasteiger partial charge in [0.1, 0.15) is 10.6 Å². The first-order chi connectivity index (χ1) is 14.7. The summed E-state index contributed by atoms with van der Waals surface area (Å²) in [6.45, 7) is 7.63. The van der Waals surface area contributed by atoms with E-state index in [-0.39, 0.29) is 18.4 Å². The lowest BCUT2D eigenvalue weighted by Crippen LogP contribution is -2.43. The smallest absolute Gasteiger partial charge is 0.410 e. The van der Waals surface area contributed by atoms with Crippen molar-refractivity contribution in [1.29, 1.82) is 0 Å². The maximum absolute atomic E-state index is 12.3. The van der Waals surface area contributed by atoms with Crippen LogP contribution in [-0.4, -0.2) is 47.1 Å². The lowest BCUT2D eigenvalue weighted by Gasteiger charge is -2.34. The molecule has 0 saturated carbocycles. The minimum Gasteiger partial charge on any atom is -0.444 e. The summed E-state index contributed by atoms with van der Waals surface area (Å²) >= 11 is 7.72. The fraction of sp³-hybridized carbons (Fsp3) is 0.522. The molecule has 1 saturated heterocycles. The van der Waals surface area contributed by atoms with Gasteiger partial charge >= 0.3 is 6.09 Å². The Bertz CT molecular complexity index is 909. The van der Waals surface area contributed by atoms with Gasteiger partial charge in [-0.25, -0.2) is 9.78 Å². The molecule has 0 aliphatic carbocycles. The van der Waals surface area contributed by atoms with E-state index in [1.165, 1.54) is 11.3 Å². The first-order valence-corrected chi connectivity index (χ1v) is 11.9. The van der Waals surface area contributed by atoms with Crippen LogP contribution in [0.1, 0.15) is 45.7 Å². The number of aromatic nitrogens is 1. The SMILES string of the molecule is CC(C)(C)OC(=O)N1CCCC(CCNC(=O)Cc2csc(-c3ccccc3Cl)n2)C1. The second-order valence-corrected chi connectivity index (χ2v) is 10.1. The highest BCUT2D eigenvalue weighted by Gasteiger charge is 2.27. The van der Waals surface area contributed by atoms with Gasteiger partial charge in [0, 0.05) is 30.6 Å². The van der Waals surface area contributed by atoms with Gasteiger partial charge < -0.3 is 15.0 Å². The molecule has 0 spiro atoms. The van der Waals surface area contributed by atoms with Gasteiger partial charge in [0.25, 0.3) is 0 Å². The molecule has 2 heterocycles. The lowest BCUT2D eigenvalue weighted by molar-refractivity contribution is -0.120. The Morgan fingerprint density at radius 1 is 1.32 bits per heavy atom. The average molecular weight is 464 g/mol. The summed E-state index contributed by atoms with van der Waals surface area (Å²) in [4.78, 5) is 31.0. The lowest BCUT2D eigenvalue weighted by atomic mass is 9.95. The van der Waals surface area contributed by atoms with Crippen LogP contribution in [0, 0.1) is 5.92 Å². The number of nitrogens with one attached hydrogen (secondary N) is 1. The predicted molar refractivity (Wildman–Crippen MR) is 124 cm³/mol. The van der Waals surface area contributed by atoms with E-state index in [9.17, 15) is 9.59 Å². The summed E-state index contributed by atoms with van der Waals surface area (Å²) in [5, 5.41) is 6.36. The molecule has 0 bridgehead atoms. The molecule has 8 heteroatoms. The van der Waals surface area contributed by atoms with Gasteiger partial charge in [-0.3, -0.25) is 4.79 Å². The van der Waals surface area contributed by atoms with Crippen LogP contribution in [0.2, 0.25) is 5.02 Å². The zero-order valence-corrected chi connectivity index (χ0v) is 19.9. The number of amides is 2. The largest absolute Gasteiger partial charge is 0.444 e. The predicted octanol–water partition coefficient (Wildman–Crippen LogP) is 5.16. The number of carbonyl (C=O) groups excluding carboxylic acids is 2. The number of rotatable bonds is 6. The molecule has 1 fully saturated rings. The molecule has 1 unspecified atom stereocenters.